The highest BCUT2D eigenvalue weighted by molar-refractivity contribution is 6.30. The number of carbonyl (C=O) groups excluding carboxylic acids is 1. The molecule has 0 unspecified atom stereocenters. The van der Waals surface area contributed by atoms with E-state index < -0.39 is 0 Å². The van der Waals surface area contributed by atoms with E-state index in [9.17, 15) is 4.79 Å². The van der Waals surface area contributed by atoms with E-state index in [0.29, 0.717) is 23.0 Å². The van der Waals surface area contributed by atoms with Crippen LogP contribution in [-0.2, 0) is 6.54 Å². The van der Waals surface area contributed by atoms with E-state index >= 15 is 0 Å². The van der Waals surface area contributed by atoms with Crippen molar-refractivity contribution in [2.24, 2.45) is 0 Å². The van der Waals surface area contributed by atoms with Gasteiger partial charge in [0.05, 0.1) is 17.8 Å². The van der Waals surface area contributed by atoms with Crippen molar-refractivity contribution in [3.05, 3.63) is 65.3 Å². The number of furan rings is 1. The highest BCUT2D eigenvalue weighted by Crippen LogP contribution is 2.17. The third-order valence-electron chi connectivity index (χ3n) is 3.45. The van der Waals surface area contributed by atoms with Gasteiger partial charge in [-0.1, -0.05) is 11.6 Å². The molecular weight excluding hydrogens is 328 g/mol. The van der Waals surface area contributed by atoms with Gasteiger partial charge in [0.25, 0.3) is 5.91 Å². The number of benzene rings is 1. The molecule has 0 radical (unpaired) electrons. The Morgan fingerprint density at radius 2 is 2.00 bits per heavy atom. The minimum atomic E-state index is -0.294. The van der Waals surface area contributed by atoms with E-state index in [1.807, 2.05) is 43.3 Å². The molecule has 1 aromatic carbocycles. The van der Waals surface area contributed by atoms with Crippen LogP contribution >= 0.6 is 11.6 Å². The van der Waals surface area contributed by atoms with Crippen LogP contribution in [0.1, 0.15) is 16.3 Å². The lowest BCUT2D eigenvalue weighted by Gasteiger charge is -2.12. The van der Waals surface area contributed by atoms with Crippen molar-refractivity contribution in [2.75, 3.05) is 24.3 Å². The van der Waals surface area contributed by atoms with Gasteiger partial charge < -0.3 is 14.6 Å². The average molecular weight is 345 g/mol. The Kier molecular flexibility index (Phi) is 4.57. The number of rotatable bonds is 5. The second-order valence-electron chi connectivity index (χ2n) is 5.52. The summed E-state index contributed by atoms with van der Waals surface area (Å²) in [5, 5.41) is 7.44. The van der Waals surface area contributed by atoms with E-state index in [0.717, 1.165) is 5.69 Å². The van der Waals surface area contributed by atoms with E-state index in [1.54, 1.807) is 29.2 Å². The molecule has 0 fully saturated rings. The fraction of sp³-hybridized carbons (Fsp3) is 0.176. The van der Waals surface area contributed by atoms with Gasteiger partial charge in [0.15, 0.2) is 5.76 Å². The molecule has 124 valence electrons. The number of hydrogen-bond acceptors (Lipinski definition) is 4. The number of hydrogen-bond donors (Lipinski definition) is 1. The first-order chi connectivity index (χ1) is 11.5. The summed E-state index contributed by atoms with van der Waals surface area (Å²) in [4.78, 5) is 14.2. The molecule has 0 aliphatic carbocycles. The van der Waals surface area contributed by atoms with Crippen molar-refractivity contribution in [3.63, 3.8) is 0 Å². The molecule has 2 heterocycles. The van der Waals surface area contributed by atoms with Gasteiger partial charge >= 0.3 is 0 Å². The standard InChI is InChI=1S/C17H17ClN4O2/c1-21(2)14-5-3-13(4-6-14)20-17(23)16-8-7-15(24-16)11-22-10-12(18)9-19-22/h3-10H,11H2,1-2H3,(H,20,23). The van der Waals surface area contributed by atoms with Crippen LogP contribution in [0.2, 0.25) is 5.02 Å². The van der Waals surface area contributed by atoms with Gasteiger partial charge in [0, 0.05) is 31.7 Å². The van der Waals surface area contributed by atoms with E-state index in [1.165, 1.54) is 0 Å². The fourth-order valence-electron chi connectivity index (χ4n) is 2.21. The third kappa shape index (κ3) is 3.78. The Morgan fingerprint density at radius 3 is 2.62 bits per heavy atom. The normalized spacial score (nSPS) is 10.6. The SMILES string of the molecule is CN(C)c1ccc(NC(=O)c2ccc(Cn3cc(Cl)cn3)o2)cc1. The maximum Gasteiger partial charge on any atom is 0.291 e. The van der Waals surface area contributed by atoms with Crippen LogP contribution < -0.4 is 10.2 Å². The van der Waals surface area contributed by atoms with Gasteiger partial charge in [0.1, 0.15) is 5.76 Å². The minimum Gasteiger partial charge on any atom is -0.454 e. The number of carbonyl (C=O) groups is 1. The molecule has 1 amide bonds. The lowest BCUT2D eigenvalue weighted by Crippen LogP contribution is -2.12. The molecule has 0 aliphatic rings. The zero-order valence-electron chi connectivity index (χ0n) is 13.4. The summed E-state index contributed by atoms with van der Waals surface area (Å²) >= 11 is 5.82. The third-order valence-corrected chi connectivity index (χ3v) is 3.64. The van der Waals surface area contributed by atoms with Gasteiger partial charge in [-0.2, -0.15) is 5.10 Å². The second-order valence-corrected chi connectivity index (χ2v) is 5.95. The van der Waals surface area contributed by atoms with Crippen LogP contribution in [0.5, 0.6) is 0 Å². The van der Waals surface area contributed by atoms with Gasteiger partial charge in [-0.05, 0) is 36.4 Å². The van der Waals surface area contributed by atoms with Gasteiger partial charge in [-0.15, -0.1) is 0 Å². The summed E-state index contributed by atoms with van der Waals surface area (Å²) in [5.74, 6) is 0.583. The van der Waals surface area contributed by atoms with Crippen LogP contribution in [-0.4, -0.2) is 29.8 Å². The zero-order valence-corrected chi connectivity index (χ0v) is 14.1. The summed E-state index contributed by atoms with van der Waals surface area (Å²) in [5.41, 5.74) is 1.77. The Morgan fingerprint density at radius 1 is 1.25 bits per heavy atom. The summed E-state index contributed by atoms with van der Waals surface area (Å²) in [6.07, 6.45) is 3.24. The summed E-state index contributed by atoms with van der Waals surface area (Å²) in [7, 11) is 3.93. The van der Waals surface area contributed by atoms with Crippen molar-refractivity contribution >= 4 is 28.9 Å². The van der Waals surface area contributed by atoms with Crippen LogP contribution in [0, 0.1) is 0 Å². The maximum absolute atomic E-state index is 12.2. The minimum absolute atomic E-state index is 0.250. The highest BCUT2D eigenvalue weighted by atomic mass is 35.5. The molecule has 0 aliphatic heterocycles. The molecule has 6 nitrogen and oxygen atoms in total. The first-order valence-corrected chi connectivity index (χ1v) is 7.74. The predicted molar refractivity (Wildman–Crippen MR) is 93.8 cm³/mol. The molecule has 0 bridgehead atoms. The number of nitrogens with one attached hydrogen (secondary N) is 1. The van der Waals surface area contributed by atoms with Crippen LogP contribution in [0.25, 0.3) is 0 Å². The Hall–Kier alpha value is -2.73. The van der Waals surface area contributed by atoms with Crippen LogP contribution in [0.4, 0.5) is 11.4 Å². The molecule has 1 N–H and O–H groups in total. The molecule has 3 rings (SSSR count). The van der Waals surface area contributed by atoms with E-state index in [2.05, 4.69) is 10.4 Å². The number of halogens is 1. The summed E-state index contributed by atoms with van der Waals surface area (Å²) < 4.78 is 7.21. The lowest BCUT2D eigenvalue weighted by atomic mass is 10.2. The second kappa shape index (κ2) is 6.80. The van der Waals surface area contributed by atoms with Gasteiger partial charge in [-0.25, -0.2) is 0 Å². The number of amides is 1. The van der Waals surface area contributed by atoms with Gasteiger partial charge in [0.2, 0.25) is 0 Å². The quantitative estimate of drug-likeness (QED) is 0.769. The fourth-order valence-corrected chi connectivity index (χ4v) is 2.36. The van der Waals surface area contributed by atoms with Crippen molar-refractivity contribution in [1.82, 2.24) is 9.78 Å². The Balaban J connectivity index is 1.65. The van der Waals surface area contributed by atoms with Gasteiger partial charge in [-0.3, -0.25) is 9.48 Å². The smallest absolute Gasteiger partial charge is 0.291 e. The molecule has 3 aromatic rings. The molecule has 7 heteroatoms. The number of aromatic nitrogens is 2. The molecule has 0 saturated carbocycles. The number of anilines is 2. The maximum atomic E-state index is 12.2. The predicted octanol–water partition coefficient (Wildman–Crippen LogP) is 3.50. The molecular formula is C17H17ClN4O2. The first kappa shape index (κ1) is 16.1. The van der Waals surface area contributed by atoms with Crippen molar-refractivity contribution in [2.45, 2.75) is 6.54 Å². The van der Waals surface area contributed by atoms with Crippen LogP contribution in [0.15, 0.2) is 53.2 Å². The molecule has 2 aromatic heterocycles. The topological polar surface area (TPSA) is 63.3 Å². The summed E-state index contributed by atoms with van der Waals surface area (Å²) in [6, 6.07) is 11.0. The highest BCUT2D eigenvalue weighted by Gasteiger charge is 2.12. The molecule has 0 saturated heterocycles. The monoisotopic (exact) mass is 344 g/mol. The molecule has 0 spiro atoms. The lowest BCUT2D eigenvalue weighted by molar-refractivity contribution is 0.0994. The zero-order chi connectivity index (χ0) is 17.1. The number of nitrogens with zero attached hydrogens (tertiary/aromatic N) is 3. The molecule has 0 atom stereocenters. The van der Waals surface area contributed by atoms with Crippen molar-refractivity contribution in [3.8, 4) is 0 Å². The largest absolute Gasteiger partial charge is 0.454 e. The van der Waals surface area contributed by atoms with Crippen molar-refractivity contribution in [1.29, 1.82) is 0 Å². The average Bonchev–Trinajstić information content (AvgIpc) is 3.17. The van der Waals surface area contributed by atoms with E-state index in [4.69, 9.17) is 16.0 Å². The van der Waals surface area contributed by atoms with Crippen LogP contribution in [0.3, 0.4) is 0 Å². The van der Waals surface area contributed by atoms with E-state index in [-0.39, 0.29) is 11.7 Å². The first-order valence-electron chi connectivity index (χ1n) is 7.36. The Labute approximate surface area is 144 Å². The molecule has 24 heavy (non-hydrogen) atoms. The van der Waals surface area contributed by atoms with Crippen molar-refractivity contribution < 1.29 is 9.21 Å². The summed E-state index contributed by atoms with van der Waals surface area (Å²) in [6.45, 7) is 0.414. The Bertz CT molecular complexity index is 836.